The molecule has 2 N–H and O–H groups in total. The largest absolute Gasteiger partial charge is 0.497 e. The summed E-state index contributed by atoms with van der Waals surface area (Å²) in [6.07, 6.45) is 4.76. The van der Waals surface area contributed by atoms with Gasteiger partial charge in [-0.3, -0.25) is 14.8 Å². The summed E-state index contributed by atoms with van der Waals surface area (Å²) in [7, 11) is 5.84. The van der Waals surface area contributed by atoms with Crippen LogP contribution in [0.2, 0.25) is 0 Å². The van der Waals surface area contributed by atoms with Gasteiger partial charge in [0.05, 0.1) is 7.11 Å². The van der Waals surface area contributed by atoms with Crippen molar-refractivity contribution in [1.29, 1.82) is 0 Å². The Morgan fingerprint density at radius 3 is 2.48 bits per heavy atom. The number of hydrogen-bond donors (Lipinski definition) is 2. The second kappa shape index (κ2) is 11.5. The molecule has 2 aliphatic heterocycles. The molecule has 2 atom stereocenters. The molecule has 0 radical (unpaired) electrons. The Kier molecular flexibility index (Phi) is 8.79. The Hall–Kier alpha value is -2.05. The van der Waals surface area contributed by atoms with E-state index < -0.39 is 0 Å². The molecule has 0 saturated carbocycles. The maximum atomic E-state index is 5.34. The lowest BCUT2D eigenvalue weighted by Gasteiger charge is -2.40. The number of likely N-dealkylation sites (tertiary alicyclic amines) is 2. The average molecular weight is 428 g/mol. The number of nitrogens with zero attached hydrogens (tertiary/aromatic N) is 3. The minimum absolute atomic E-state index is 0.413. The SMILES string of the molecule is C=C(C)CN1CCC(NC(=NC)NCC2CCCN(C)C2c2ccc(OC)cc2)CC1. The van der Waals surface area contributed by atoms with Crippen molar-refractivity contribution in [1.82, 2.24) is 20.4 Å². The number of benzene rings is 1. The normalized spacial score (nSPS) is 24.1. The summed E-state index contributed by atoms with van der Waals surface area (Å²) in [6.45, 7) is 11.5. The van der Waals surface area contributed by atoms with Gasteiger partial charge in [-0.15, -0.1) is 0 Å². The maximum absolute atomic E-state index is 5.34. The van der Waals surface area contributed by atoms with Gasteiger partial charge in [0.15, 0.2) is 5.96 Å². The Balaban J connectivity index is 1.54. The molecule has 1 aromatic carbocycles. The zero-order valence-corrected chi connectivity index (χ0v) is 19.9. The number of hydrogen-bond acceptors (Lipinski definition) is 4. The van der Waals surface area contributed by atoms with Crippen LogP contribution in [-0.4, -0.2) is 75.7 Å². The molecule has 6 nitrogen and oxygen atoms in total. The van der Waals surface area contributed by atoms with Crippen molar-refractivity contribution < 1.29 is 4.74 Å². The molecule has 0 amide bonds. The summed E-state index contributed by atoms with van der Waals surface area (Å²) < 4.78 is 5.34. The lowest BCUT2D eigenvalue weighted by Crippen LogP contribution is -2.50. The van der Waals surface area contributed by atoms with Crippen LogP contribution in [0.4, 0.5) is 0 Å². The van der Waals surface area contributed by atoms with Gasteiger partial charge in [0.25, 0.3) is 0 Å². The monoisotopic (exact) mass is 427 g/mol. The zero-order valence-electron chi connectivity index (χ0n) is 19.9. The zero-order chi connectivity index (χ0) is 22.2. The van der Waals surface area contributed by atoms with Crippen molar-refractivity contribution in [3.05, 3.63) is 42.0 Å². The first-order valence-electron chi connectivity index (χ1n) is 11.7. The highest BCUT2D eigenvalue weighted by atomic mass is 16.5. The fourth-order valence-corrected chi connectivity index (χ4v) is 5.03. The first-order chi connectivity index (χ1) is 15.0. The third-order valence-corrected chi connectivity index (χ3v) is 6.64. The Labute approximate surface area is 188 Å². The molecule has 0 bridgehead atoms. The topological polar surface area (TPSA) is 52.1 Å². The van der Waals surface area contributed by atoms with E-state index in [1.165, 1.54) is 24.0 Å². The van der Waals surface area contributed by atoms with Gasteiger partial charge in [-0.2, -0.15) is 0 Å². The molecular weight excluding hydrogens is 386 g/mol. The van der Waals surface area contributed by atoms with E-state index in [4.69, 9.17) is 4.74 Å². The van der Waals surface area contributed by atoms with Crippen molar-refractivity contribution >= 4 is 5.96 Å². The highest BCUT2D eigenvalue weighted by Gasteiger charge is 2.30. The van der Waals surface area contributed by atoms with Gasteiger partial charge in [-0.1, -0.05) is 24.3 Å². The number of methoxy groups -OCH3 is 1. The second-order valence-electron chi connectivity index (χ2n) is 9.21. The van der Waals surface area contributed by atoms with Gasteiger partial charge >= 0.3 is 0 Å². The molecule has 2 heterocycles. The average Bonchev–Trinajstić information content (AvgIpc) is 2.77. The van der Waals surface area contributed by atoms with Crippen LogP contribution in [0.5, 0.6) is 5.75 Å². The molecule has 2 saturated heterocycles. The molecular formula is C25H41N5O. The van der Waals surface area contributed by atoms with Gasteiger partial charge in [0.2, 0.25) is 0 Å². The molecule has 172 valence electrons. The van der Waals surface area contributed by atoms with E-state index in [1.807, 2.05) is 7.05 Å². The van der Waals surface area contributed by atoms with E-state index >= 15 is 0 Å². The molecule has 3 rings (SSSR count). The van der Waals surface area contributed by atoms with Gasteiger partial charge < -0.3 is 15.4 Å². The van der Waals surface area contributed by atoms with Gasteiger partial charge in [-0.05, 0) is 69.8 Å². The Morgan fingerprint density at radius 2 is 1.87 bits per heavy atom. The fourth-order valence-electron chi connectivity index (χ4n) is 5.03. The number of nitrogens with one attached hydrogen (secondary N) is 2. The van der Waals surface area contributed by atoms with Crippen molar-refractivity contribution in [2.45, 2.75) is 44.7 Å². The summed E-state index contributed by atoms with van der Waals surface area (Å²) in [4.78, 5) is 9.50. The van der Waals surface area contributed by atoms with E-state index in [-0.39, 0.29) is 0 Å². The smallest absolute Gasteiger partial charge is 0.191 e. The maximum Gasteiger partial charge on any atom is 0.191 e. The Bertz CT molecular complexity index is 724. The van der Waals surface area contributed by atoms with Crippen LogP contribution in [-0.2, 0) is 0 Å². The summed E-state index contributed by atoms with van der Waals surface area (Å²) in [6, 6.07) is 9.47. The summed E-state index contributed by atoms with van der Waals surface area (Å²) in [5.74, 6) is 2.39. The van der Waals surface area contributed by atoms with Crippen LogP contribution < -0.4 is 15.4 Å². The number of rotatable bonds is 7. The van der Waals surface area contributed by atoms with Crippen LogP contribution in [0.15, 0.2) is 41.4 Å². The van der Waals surface area contributed by atoms with E-state index in [1.54, 1.807) is 7.11 Å². The quantitative estimate of drug-likeness (QED) is 0.397. The van der Waals surface area contributed by atoms with Gasteiger partial charge in [-0.25, -0.2) is 0 Å². The van der Waals surface area contributed by atoms with E-state index in [0.29, 0.717) is 18.0 Å². The third kappa shape index (κ3) is 6.71. The van der Waals surface area contributed by atoms with E-state index in [9.17, 15) is 0 Å². The van der Waals surface area contributed by atoms with Crippen LogP contribution >= 0.6 is 0 Å². The lowest BCUT2D eigenvalue weighted by molar-refractivity contribution is 0.122. The van der Waals surface area contributed by atoms with Crippen LogP contribution in [0.3, 0.4) is 0 Å². The molecule has 2 unspecified atom stereocenters. The van der Waals surface area contributed by atoms with Crippen LogP contribution in [0.1, 0.15) is 44.2 Å². The minimum Gasteiger partial charge on any atom is -0.497 e. The van der Waals surface area contributed by atoms with Crippen molar-refractivity contribution in [2.24, 2.45) is 10.9 Å². The number of aliphatic imine (C=N–C) groups is 1. The fraction of sp³-hybridized carbons (Fsp3) is 0.640. The van der Waals surface area contributed by atoms with Gasteiger partial charge in [0, 0.05) is 45.3 Å². The predicted octanol–water partition coefficient (Wildman–Crippen LogP) is 3.28. The highest BCUT2D eigenvalue weighted by Crippen LogP contribution is 2.35. The van der Waals surface area contributed by atoms with Crippen LogP contribution in [0, 0.1) is 5.92 Å². The van der Waals surface area contributed by atoms with E-state index in [2.05, 4.69) is 70.2 Å². The molecule has 31 heavy (non-hydrogen) atoms. The number of piperidine rings is 2. The minimum atomic E-state index is 0.413. The molecule has 6 heteroatoms. The molecule has 0 aromatic heterocycles. The van der Waals surface area contributed by atoms with Crippen molar-refractivity contribution in [2.75, 3.05) is 53.9 Å². The predicted molar refractivity (Wildman–Crippen MR) is 130 cm³/mol. The van der Waals surface area contributed by atoms with Gasteiger partial charge in [0.1, 0.15) is 5.75 Å². The number of guanidine groups is 1. The summed E-state index contributed by atoms with van der Waals surface area (Å²) in [5.41, 5.74) is 2.61. The molecule has 2 fully saturated rings. The first-order valence-corrected chi connectivity index (χ1v) is 11.7. The molecule has 2 aliphatic rings. The summed E-state index contributed by atoms with van der Waals surface area (Å²) in [5, 5.41) is 7.29. The third-order valence-electron chi connectivity index (χ3n) is 6.64. The first kappa shape index (κ1) is 23.6. The van der Waals surface area contributed by atoms with Crippen LogP contribution in [0.25, 0.3) is 0 Å². The standard InChI is InChI=1S/C25H41N5O/c1-19(2)18-30-15-12-22(13-16-30)28-25(26-3)27-17-21-7-6-14-29(4)24(21)20-8-10-23(31-5)11-9-20/h8-11,21-22,24H,1,6-7,12-18H2,2-5H3,(H2,26,27,28). The summed E-state index contributed by atoms with van der Waals surface area (Å²) >= 11 is 0. The molecule has 0 aliphatic carbocycles. The van der Waals surface area contributed by atoms with E-state index in [0.717, 1.165) is 57.3 Å². The van der Waals surface area contributed by atoms with Crippen molar-refractivity contribution in [3.8, 4) is 5.75 Å². The highest BCUT2D eigenvalue weighted by molar-refractivity contribution is 5.80. The molecule has 1 aromatic rings. The molecule has 0 spiro atoms. The number of ether oxygens (including phenoxy) is 1. The Morgan fingerprint density at radius 1 is 1.16 bits per heavy atom. The lowest BCUT2D eigenvalue weighted by atomic mass is 9.85. The van der Waals surface area contributed by atoms with Crippen molar-refractivity contribution in [3.63, 3.8) is 0 Å². The second-order valence-corrected chi connectivity index (χ2v) is 9.21.